The Balaban J connectivity index is 1.49. The molecule has 3 aromatic rings. The van der Waals surface area contributed by atoms with Gasteiger partial charge >= 0.3 is 5.69 Å². The van der Waals surface area contributed by atoms with E-state index in [1.807, 2.05) is 6.07 Å². The second kappa shape index (κ2) is 8.39. The van der Waals surface area contributed by atoms with E-state index in [1.54, 1.807) is 37.4 Å². The van der Waals surface area contributed by atoms with E-state index in [1.165, 1.54) is 10.7 Å². The summed E-state index contributed by atoms with van der Waals surface area (Å²) in [7, 11) is 1.60. The number of rotatable bonds is 5. The van der Waals surface area contributed by atoms with Crippen LogP contribution in [0.1, 0.15) is 30.1 Å². The molecule has 0 bridgehead atoms. The molecular formula is C21H22ClFN4O2. The van der Waals surface area contributed by atoms with Gasteiger partial charge in [-0.1, -0.05) is 17.7 Å². The summed E-state index contributed by atoms with van der Waals surface area (Å²) in [5.41, 5.74) is 1.30. The number of nitrogens with one attached hydrogen (secondary N) is 1. The molecule has 0 unspecified atom stereocenters. The van der Waals surface area contributed by atoms with Crippen LogP contribution in [0, 0.1) is 5.82 Å². The van der Waals surface area contributed by atoms with Crippen molar-refractivity contribution < 1.29 is 9.13 Å². The standard InChI is InChI=1S/C21H22ClFN4O2/c1-29-17-7-5-16(6-8-17)27-21(28)24-20(25-27)15-3-2-10-26(13-15)12-14-4-9-18(22)19(23)11-14/h4-9,11,15H,2-3,10,12-13H2,1H3,(H,24,25,28)/t15-/m0/s1. The van der Waals surface area contributed by atoms with Crippen molar-refractivity contribution in [1.29, 1.82) is 0 Å². The number of nitrogens with zero attached hydrogens (tertiary/aromatic N) is 3. The molecule has 0 aliphatic carbocycles. The maximum absolute atomic E-state index is 13.7. The third-order valence-electron chi connectivity index (χ3n) is 5.23. The van der Waals surface area contributed by atoms with Crippen LogP contribution < -0.4 is 10.4 Å². The molecule has 0 saturated carbocycles. The third-order valence-corrected chi connectivity index (χ3v) is 5.54. The van der Waals surface area contributed by atoms with Crippen molar-refractivity contribution in [2.75, 3.05) is 20.2 Å². The molecule has 8 heteroatoms. The van der Waals surface area contributed by atoms with Crippen LogP contribution >= 0.6 is 11.6 Å². The van der Waals surface area contributed by atoms with Crippen LogP contribution in [0.25, 0.3) is 5.69 Å². The minimum atomic E-state index is -0.403. The monoisotopic (exact) mass is 416 g/mol. The van der Waals surface area contributed by atoms with Gasteiger partial charge in [0.2, 0.25) is 0 Å². The van der Waals surface area contributed by atoms with E-state index in [0.717, 1.165) is 37.2 Å². The first-order valence-corrected chi connectivity index (χ1v) is 9.91. The van der Waals surface area contributed by atoms with E-state index in [0.29, 0.717) is 18.1 Å². The second-order valence-corrected chi connectivity index (χ2v) is 7.66. The van der Waals surface area contributed by atoms with Gasteiger partial charge in [0.1, 0.15) is 17.4 Å². The van der Waals surface area contributed by atoms with Crippen LogP contribution in [-0.2, 0) is 6.54 Å². The topological polar surface area (TPSA) is 63.1 Å². The zero-order chi connectivity index (χ0) is 20.4. The van der Waals surface area contributed by atoms with E-state index in [4.69, 9.17) is 16.3 Å². The van der Waals surface area contributed by atoms with Gasteiger partial charge in [-0.15, -0.1) is 5.10 Å². The Kier molecular flexibility index (Phi) is 5.69. The summed E-state index contributed by atoms with van der Waals surface area (Å²) >= 11 is 5.77. The van der Waals surface area contributed by atoms with E-state index in [-0.39, 0.29) is 16.6 Å². The first-order chi connectivity index (χ1) is 14.0. The molecule has 0 spiro atoms. The predicted molar refractivity (Wildman–Crippen MR) is 109 cm³/mol. The van der Waals surface area contributed by atoms with Crippen LogP contribution in [0.5, 0.6) is 5.75 Å². The summed E-state index contributed by atoms with van der Waals surface area (Å²) in [6.07, 6.45) is 1.93. The number of halogens is 2. The van der Waals surface area contributed by atoms with Gasteiger partial charge < -0.3 is 4.74 Å². The second-order valence-electron chi connectivity index (χ2n) is 7.25. The van der Waals surface area contributed by atoms with Crippen LogP contribution in [-0.4, -0.2) is 39.9 Å². The Morgan fingerprint density at radius 1 is 1.28 bits per heavy atom. The molecule has 1 atom stereocenters. The van der Waals surface area contributed by atoms with Gasteiger partial charge in [0.15, 0.2) is 0 Å². The number of aromatic amines is 1. The maximum Gasteiger partial charge on any atom is 0.348 e. The Morgan fingerprint density at radius 3 is 2.79 bits per heavy atom. The van der Waals surface area contributed by atoms with E-state index in [2.05, 4.69) is 15.0 Å². The molecule has 1 saturated heterocycles. The normalized spacial score (nSPS) is 17.4. The Hall–Kier alpha value is -2.64. The fourth-order valence-corrected chi connectivity index (χ4v) is 3.86. The number of ether oxygens (including phenoxy) is 1. The molecule has 2 aromatic carbocycles. The minimum absolute atomic E-state index is 0.119. The summed E-state index contributed by atoms with van der Waals surface area (Å²) in [6, 6.07) is 12.1. The molecule has 152 valence electrons. The average molecular weight is 417 g/mol. The maximum atomic E-state index is 13.7. The van der Waals surface area contributed by atoms with Gasteiger partial charge in [-0.2, -0.15) is 4.68 Å². The fraction of sp³-hybridized carbons (Fsp3) is 0.333. The highest BCUT2D eigenvalue weighted by Crippen LogP contribution is 2.26. The van der Waals surface area contributed by atoms with E-state index >= 15 is 0 Å². The Labute approximate surface area is 172 Å². The van der Waals surface area contributed by atoms with Gasteiger partial charge in [0, 0.05) is 19.0 Å². The van der Waals surface area contributed by atoms with Crippen LogP contribution in [0.4, 0.5) is 4.39 Å². The molecule has 1 aliphatic heterocycles. The highest BCUT2D eigenvalue weighted by molar-refractivity contribution is 6.30. The Bertz CT molecular complexity index is 1050. The number of aromatic nitrogens is 3. The number of hydrogen-bond donors (Lipinski definition) is 1. The van der Waals surface area contributed by atoms with Crippen molar-refractivity contribution in [3.8, 4) is 11.4 Å². The van der Waals surface area contributed by atoms with Crippen molar-refractivity contribution >= 4 is 11.6 Å². The number of H-pyrrole nitrogens is 1. The zero-order valence-corrected chi connectivity index (χ0v) is 16.8. The van der Waals surface area contributed by atoms with Crippen LogP contribution in [0.3, 0.4) is 0 Å². The molecule has 1 aromatic heterocycles. The average Bonchev–Trinajstić information content (AvgIpc) is 3.13. The molecule has 6 nitrogen and oxygen atoms in total. The number of likely N-dealkylation sites (tertiary alicyclic amines) is 1. The van der Waals surface area contributed by atoms with Crippen LogP contribution in [0.15, 0.2) is 47.3 Å². The van der Waals surface area contributed by atoms with Crippen molar-refractivity contribution in [1.82, 2.24) is 19.7 Å². The van der Waals surface area contributed by atoms with Gasteiger partial charge in [0.05, 0.1) is 17.8 Å². The fourth-order valence-electron chi connectivity index (χ4n) is 3.74. The van der Waals surface area contributed by atoms with Crippen molar-refractivity contribution in [3.63, 3.8) is 0 Å². The molecule has 0 radical (unpaired) electrons. The molecule has 1 aliphatic rings. The lowest BCUT2D eigenvalue weighted by atomic mass is 9.97. The highest BCUT2D eigenvalue weighted by Gasteiger charge is 2.25. The van der Waals surface area contributed by atoms with Gasteiger partial charge in [-0.05, 0) is 61.3 Å². The zero-order valence-electron chi connectivity index (χ0n) is 16.1. The lowest BCUT2D eigenvalue weighted by molar-refractivity contribution is 0.196. The number of methoxy groups -OCH3 is 1. The molecule has 1 N–H and O–H groups in total. The lowest BCUT2D eigenvalue weighted by Gasteiger charge is -2.31. The molecule has 29 heavy (non-hydrogen) atoms. The largest absolute Gasteiger partial charge is 0.497 e. The summed E-state index contributed by atoms with van der Waals surface area (Å²) in [6.45, 7) is 2.30. The quantitative estimate of drug-likeness (QED) is 0.688. The van der Waals surface area contributed by atoms with Crippen LogP contribution in [0.2, 0.25) is 5.02 Å². The smallest absolute Gasteiger partial charge is 0.348 e. The SMILES string of the molecule is COc1ccc(-n2nc([C@H]3CCCN(Cc4ccc(Cl)c(F)c4)C3)[nH]c2=O)cc1. The van der Waals surface area contributed by atoms with E-state index < -0.39 is 5.82 Å². The minimum Gasteiger partial charge on any atom is -0.497 e. The van der Waals surface area contributed by atoms with Gasteiger partial charge in [0.25, 0.3) is 0 Å². The molecule has 2 heterocycles. The highest BCUT2D eigenvalue weighted by atomic mass is 35.5. The van der Waals surface area contributed by atoms with Crippen molar-refractivity contribution in [2.45, 2.75) is 25.3 Å². The van der Waals surface area contributed by atoms with Crippen molar-refractivity contribution in [2.24, 2.45) is 0 Å². The Morgan fingerprint density at radius 2 is 2.07 bits per heavy atom. The summed E-state index contributed by atoms with van der Waals surface area (Å²) in [5, 5.41) is 4.66. The van der Waals surface area contributed by atoms with E-state index in [9.17, 15) is 9.18 Å². The lowest BCUT2D eigenvalue weighted by Crippen LogP contribution is -2.34. The molecule has 0 amide bonds. The number of benzene rings is 2. The van der Waals surface area contributed by atoms with Crippen molar-refractivity contribution in [3.05, 3.63) is 75.2 Å². The van der Waals surface area contributed by atoms with Gasteiger partial charge in [-0.25, -0.2) is 9.18 Å². The first-order valence-electron chi connectivity index (χ1n) is 9.53. The first kappa shape index (κ1) is 19.7. The number of piperidine rings is 1. The predicted octanol–water partition coefficient (Wildman–Crippen LogP) is 3.74. The summed E-state index contributed by atoms with van der Waals surface area (Å²) < 4.78 is 20.3. The molecular weight excluding hydrogens is 395 g/mol. The summed E-state index contributed by atoms with van der Waals surface area (Å²) in [4.78, 5) is 17.6. The van der Waals surface area contributed by atoms with Gasteiger partial charge in [-0.3, -0.25) is 9.88 Å². The summed E-state index contributed by atoms with van der Waals surface area (Å²) in [5.74, 6) is 1.12. The number of hydrogen-bond acceptors (Lipinski definition) is 4. The molecule has 4 rings (SSSR count). The third kappa shape index (κ3) is 4.36. The molecule has 1 fully saturated rings.